The van der Waals surface area contributed by atoms with Crippen LogP contribution in [0.3, 0.4) is 0 Å². The van der Waals surface area contributed by atoms with Crippen molar-refractivity contribution in [1.29, 1.82) is 0 Å². The largest absolute Gasteiger partial charge is 0.355 e. The van der Waals surface area contributed by atoms with Crippen molar-refractivity contribution in [3.8, 4) is 11.3 Å². The topological polar surface area (TPSA) is 75.5 Å². The van der Waals surface area contributed by atoms with E-state index < -0.39 is 17.6 Å². The van der Waals surface area contributed by atoms with E-state index in [1.807, 2.05) is 6.07 Å². The van der Waals surface area contributed by atoms with Crippen molar-refractivity contribution >= 4 is 34.6 Å². The number of carbonyl (C=O) groups excluding carboxylic acids is 2. The molecular weight excluding hydrogens is 419 g/mol. The van der Waals surface area contributed by atoms with Gasteiger partial charge in [0.05, 0.1) is 28.7 Å². The summed E-state index contributed by atoms with van der Waals surface area (Å²) in [6, 6.07) is 12.9. The fraction of sp³-hybridized carbons (Fsp3) is 0.0870. The second-order valence-corrected chi connectivity index (χ2v) is 7.35. The number of nitrogens with one attached hydrogen (secondary N) is 2. The van der Waals surface area contributed by atoms with Crippen molar-refractivity contribution in [2.45, 2.75) is 6.92 Å². The number of benzene rings is 2. The lowest BCUT2D eigenvalue weighted by atomic mass is 10.1. The molecule has 0 atom stereocenters. The van der Waals surface area contributed by atoms with Gasteiger partial charge in [-0.25, -0.2) is 9.37 Å². The Morgan fingerprint density at radius 2 is 1.87 bits per heavy atom. The Morgan fingerprint density at radius 1 is 1.10 bits per heavy atom. The zero-order valence-corrected chi connectivity index (χ0v) is 17.5. The molecule has 2 N–H and O–H groups in total. The van der Waals surface area contributed by atoms with Gasteiger partial charge < -0.3 is 15.0 Å². The van der Waals surface area contributed by atoms with Gasteiger partial charge in [-0.15, -0.1) is 0 Å². The minimum Gasteiger partial charge on any atom is -0.355 e. The summed E-state index contributed by atoms with van der Waals surface area (Å²) in [5.41, 5.74) is 2.41. The molecule has 0 bridgehead atoms. The summed E-state index contributed by atoms with van der Waals surface area (Å²) in [6.07, 6.45) is 3.27. The first-order valence-corrected chi connectivity index (χ1v) is 9.83. The van der Waals surface area contributed by atoms with E-state index in [1.165, 1.54) is 25.4 Å². The van der Waals surface area contributed by atoms with Crippen LogP contribution in [0.1, 0.15) is 26.4 Å². The van der Waals surface area contributed by atoms with E-state index in [0.29, 0.717) is 27.5 Å². The van der Waals surface area contributed by atoms with Crippen LogP contribution >= 0.6 is 11.6 Å². The third-order valence-electron chi connectivity index (χ3n) is 4.93. The second-order valence-electron chi connectivity index (χ2n) is 6.92. The van der Waals surface area contributed by atoms with Crippen LogP contribution in [0.5, 0.6) is 0 Å². The minimum absolute atomic E-state index is 0.0195. The summed E-state index contributed by atoms with van der Waals surface area (Å²) >= 11 is 6.10. The molecule has 0 fully saturated rings. The highest BCUT2D eigenvalue weighted by Crippen LogP contribution is 2.30. The molecule has 0 aliphatic carbocycles. The number of nitrogens with zero attached hydrogens (tertiary/aromatic N) is 2. The Bertz CT molecular complexity index is 1330. The van der Waals surface area contributed by atoms with Crippen LogP contribution in [0, 0.1) is 12.7 Å². The van der Waals surface area contributed by atoms with Gasteiger partial charge in [0, 0.05) is 23.8 Å². The van der Waals surface area contributed by atoms with Crippen LogP contribution in [0.15, 0.2) is 60.9 Å². The van der Waals surface area contributed by atoms with Gasteiger partial charge in [-0.3, -0.25) is 9.59 Å². The molecular formula is C23H18ClFN4O2. The number of aryl methyl sites for hydroxylation is 1. The van der Waals surface area contributed by atoms with E-state index in [2.05, 4.69) is 15.6 Å². The van der Waals surface area contributed by atoms with Crippen molar-refractivity contribution in [2.24, 2.45) is 0 Å². The highest BCUT2D eigenvalue weighted by molar-refractivity contribution is 6.31. The SMILES string of the molecule is CNC(=O)c1cc(Cl)cc(C)c1NC(=O)c1ncc2cccn2c1-c1ccccc1F. The van der Waals surface area contributed by atoms with Crippen molar-refractivity contribution in [1.82, 2.24) is 14.7 Å². The molecule has 0 saturated heterocycles. The van der Waals surface area contributed by atoms with Crippen LogP contribution in [-0.2, 0) is 0 Å². The fourth-order valence-electron chi connectivity index (χ4n) is 3.48. The Morgan fingerprint density at radius 3 is 2.61 bits per heavy atom. The molecule has 6 nitrogen and oxygen atoms in total. The molecule has 4 aromatic rings. The normalized spacial score (nSPS) is 10.8. The summed E-state index contributed by atoms with van der Waals surface area (Å²) in [5.74, 6) is -1.46. The standard InChI is InChI=1S/C23H18ClFN4O2/c1-13-10-14(24)11-17(22(30)26-2)19(13)28-23(31)20-21(16-7-3-4-8-18(16)25)29-9-5-6-15(29)12-27-20/h3-12H,1-2H3,(H,26,30)(H,28,31). The van der Waals surface area contributed by atoms with Gasteiger partial charge in [0.15, 0.2) is 5.69 Å². The van der Waals surface area contributed by atoms with Gasteiger partial charge in [-0.05, 0) is 48.9 Å². The lowest BCUT2D eigenvalue weighted by Gasteiger charge is -2.16. The second kappa shape index (κ2) is 8.20. The van der Waals surface area contributed by atoms with Gasteiger partial charge in [0.2, 0.25) is 0 Å². The summed E-state index contributed by atoms with van der Waals surface area (Å²) in [7, 11) is 1.49. The average Bonchev–Trinajstić information content (AvgIpc) is 3.23. The molecule has 0 saturated carbocycles. The number of anilines is 1. The lowest BCUT2D eigenvalue weighted by Crippen LogP contribution is -2.23. The number of amides is 2. The number of rotatable bonds is 4. The van der Waals surface area contributed by atoms with Crippen molar-refractivity contribution in [3.63, 3.8) is 0 Å². The van der Waals surface area contributed by atoms with E-state index in [9.17, 15) is 14.0 Å². The fourth-order valence-corrected chi connectivity index (χ4v) is 3.75. The number of hydrogen-bond donors (Lipinski definition) is 2. The molecule has 0 radical (unpaired) electrons. The Hall–Kier alpha value is -3.71. The summed E-state index contributed by atoms with van der Waals surface area (Å²) in [4.78, 5) is 30.0. The van der Waals surface area contributed by atoms with E-state index >= 15 is 0 Å². The van der Waals surface area contributed by atoms with Crippen LogP contribution < -0.4 is 10.6 Å². The number of fused-ring (bicyclic) bond motifs is 1. The monoisotopic (exact) mass is 436 g/mol. The molecule has 2 amide bonds. The minimum atomic E-state index is -0.579. The molecule has 2 aromatic carbocycles. The van der Waals surface area contributed by atoms with Gasteiger partial charge >= 0.3 is 0 Å². The maximum atomic E-state index is 14.7. The highest BCUT2D eigenvalue weighted by Gasteiger charge is 2.23. The predicted molar refractivity (Wildman–Crippen MR) is 118 cm³/mol. The molecule has 0 aliphatic heterocycles. The van der Waals surface area contributed by atoms with Crippen molar-refractivity contribution in [2.75, 3.05) is 12.4 Å². The Balaban J connectivity index is 1.87. The van der Waals surface area contributed by atoms with Crippen LogP contribution in [0.25, 0.3) is 16.8 Å². The van der Waals surface area contributed by atoms with Crippen LogP contribution in [0.4, 0.5) is 10.1 Å². The maximum absolute atomic E-state index is 14.7. The molecule has 4 rings (SSSR count). The molecule has 156 valence electrons. The Labute approximate surface area is 182 Å². The van der Waals surface area contributed by atoms with E-state index in [0.717, 1.165) is 0 Å². The van der Waals surface area contributed by atoms with Crippen LogP contribution in [-0.4, -0.2) is 28.2 Å². The van der Waals surface area contributed by atoms with Crippen molar-refractivity contribution < 1.29 is 14.0 Å². The first kappa shape index (κ1) is 20.6. The van der Waals surface area contributed by atoms with E-state index in [1.54, 1.807) is 47.9 Å². The van der Waals surface area contributed by atoms with Gasteiger partial charge in [0.25, 0.3) is 11.8 Å². The first-order valence-electron chi connectivity index (χ1n) is 9.45. The molecule has 31 heavy (non-hydrogen) atoms. The van der Waals surface area contributed by atoms with Crippen LogP contribution in [0.2, 0.25) is 5.02 Å². The zero-order valence-electron chi connectivity index (χ0n) is 16.7. The Kier molecular flexibility index (Phi) is 5.44. The molecule has 2 aromatic heterocycles. The predicted octanol–water partition coefficient (Wildman–Crippen LogP) is 4.71. The van der Waals surface area contributed by atoms with E-state index in [4.69, 9.17) is 11.6 Å². The van der Waals surface area contributed by atoms with Gasteiger partial charge in [-0.2, -0.15) is 0 Å². The molecule has 0 aliphatic rings. The number of hydrogen-bond acceptors (Lipinski definition) is 3. The first-order chi connectivity index (χ1) is 14.9. The molecule has 0 unspecified atom stereocenters. The lowest BCUT2D eigenvalue weighted by molar-refractivity contribution is 0.0964. The van der Waals surface area contributed by atoms with Gasteiger partial charge in [-0.1, -0.05) is 23.7 Å². The number of aromatic nitrogens is 2. The summed E-state index contributed by atoms with van der Waals surface area (Å²) in [5, 5.41) is 5.67. The quantitative estimate of drug-likeness (QED) is 0.486. The molecule has 2 heterocycles. The maximum Gasteiger partial charge on any atom is 0.276 e. The third kappa shape index (κ3) is 3.75. The summed E-state index contributed by atoms with van der Waals surface area (Å²) < 4.78 is 16.4. The average molecular weight is 437 g/mol. The molecule has 0 spiro atoms. The van der Waals surface area contributed by atoms with E-state index in [-0.39, 0.29) is 16.8 Å². The number of carbonyl (C=O) groups is 2. The number of halogens is 2. The summed E-state index contributed by atoms with van der Waals surface area (Å²) in [6.45, 7) is 1.73. The van der Waals surface area contributed by atoms with Gasteiger partial charge in [0.1, 0.15) is 5.82 Å². The van der Waals surface area contributed by atoms with Crippen molar-refractivity contribution in [3.05, 3.63) is 88.6 Å². The molecule has 8 heteroatoms. The third-order valence-corrected chi connectivity index (χ3v) is 5.14. The zero-order chi connectivity index (χ0) is 22.1. The smallest absolute Gasteiger partial charge is 0.276 e. The highest BCUT2D eigenvalue weighted by atomic mass is 35.5.